The zero-order chi connectivity index (χ0) is 35.9. The van der Waals surface area contributed by atoms with Gasteiger partial charge in [0.2, 0.25) is 17.5 Å². The molecule has 0 aliphatic carbocycles. The quantitative estimate of drug-likeness (QED) is 0.166. The molecule has 0 aromatic heterocycles. The van der Waals surface area contributed by atoms with Gasteiger partial charge >= 0.3 is 25.8 Å². The molecule has 3 rings (SSSR count). The van der Waals surface area contributed by atoms with Gasteiger partial charge in [-0.05, 0) is 0 Å². The molecule has 0 spiro atoms. The standard InChI is InChI=1S/3C6HF5O3S.In/c3*7-1-2(8)4(10)6(15(12,13)14)5(11)3(1)9;/h3*(H,12,13,14);/q;;;+3/p-3. The van der Waals surface area contributed by atoms with Gasteiger partial charge in [0.25, 0.3) is 0 Å². The Labute approximate surface area is 262 Å². The second-order valence-electron chi connectivity index (χ2n) is 7.06. The van der Waals surface area contributed by atoms with Crippen LogP contribution in [0, 0.1) is 87.3 Å². The molecule has 0 atom stereocenters. The first-order valence-electron chi connectivity index (χ1n) is 9.45. The Hall–Kier alpha value is -2.79. The monoisotopic (exact) mass is 856 g/mol. The minimum absolute atomic E-state index is 0. The molecule has 0 fully saturated rings. The van der Waals surface area contributed by atoms with Crippen LogP contribution in [0.3, 0.4) is 0 Å². The van der Waals surface area contributed by atoms with E-state index in [9.17, 15) is 105 Å². The van der Waals surface area contributed by atoms with Crippen molar-refractivity contribution in [2.75, 3.05) is 0 Å². The Morgan fingerprint density at radius 3 is 0.435 bits per heavy atom. The molecule has 3 aromatic rings. The Morgan fingerprint density at radius 1 is 0.261 bits per heavy atom. The van der Waals surface area contributed by atoms with E-state index in [1.165, 1.54) is 0 Å². The third kappa shape index (κ3) is 8.76. The summed E-state index contributed by atoms with van der Waals surface area (Å²) in [6.45, 7) is 0. The van der Waals surface area contributed by atoms with Crippen molar-refractivity contribution in [1.82, 2.24) is 0 Å². The molecule has 0 amide bonds. The molecule has 28 heteroatoms. The number of hydrogen-bond acceptors (Lipinski definition) is 9. The Morgan fingerprint density at radius 2 is 0.348 bits per heavy atom. The largest absolute Gasteiger partial charge is 3.00 e. The van der Waals surface area contributed by atoms with Crippen molar-refractivity contribution in [2.45, 2.75) is 14.7 Å². The first kappa shape index (κ1) is 43.2. The average Bonchev–Trinajstić information content (AvgIpc) is 2.89. The summed E-state index contributed by atoms with van der Waals surface area (Å²) in [5, 5.41) is 0. The van der Waals surface area contributed by atoms with E-state index in [4.69, 9.17) is 0 Å². The zero-order valence-corrected chi connectivity index (χ0v) is 25.9. The van der Waals surface area contributed by atoms with Gasteiger partial charge in [-0.1, -0.05) is 0 Å². The number of hydrogen-bond donors (Lipinski definition) is 0. The summed E-state index contributed by atoms with van der Waals surface area (Å²) < 4.78 is 279. The van der Waals surface area contributed by atoms with Crippen molar-refractivity contribution in [1.29, 1.82) is 0 Å². The minimum Gasteiger partial charge on any atom is -0.744 e. The summed E-state index contributed by atoms with van der Waals surface area (Å²) in [6.07, 6.45) is 0. The maximum absolute atomic E-state index is 12.6. The predicted molar refractivity (Wildman–Crippen MR) is 108 cm³/mol. The number of rotatable bonds is 3. The Bertz CT molecular complexity index is 1720. The van der Waals surface area contributed by atoms with E-state index < -0.39 is 132 Å². The van der Waals surface area contributed by atoms with Gasteiger partial charge in [0.05, 0.1) is 0 Å². The molecule has 3 aromatic carbocycles. The van der Waals surface area contributed by atoms with Crippen LogP contribution in [0.25, 0.3) is 0 Å². The molecule has 252 valence electrons. The smallest absolute Gasteiger partial charge is 0.744 e. The van der Waals surface area contributed by atoms with Gasteiger partial charge in [-0.25, -0.2) is 91.1 Å². The van der Waals surface area contributed by atoms with Crippen molar-refractivity contribution >= 4 is 56.2 Å². The molecule has 0 unspecified atom stereocenters. The average molecular weight is 856 g/mol. The minimum atomic E-state index is -5.77. The third-order valence-corrected chi connectivity index (χ3v) is 6.83. The van der Waals surface area contributed by atoms with Crippen LogP contribution < -0.4 is 0 Å². The molecule has 0 N–H and O–H groups in total. The first-order chi connectivity index (χ1) is 20.0. The van der Waals surface area contributed by atoms with Gasteiger partial charge in [0, 0.05) is 0 Å². The van der Waals surface area contributed by atoms with Crippen LogP contribution >= 0.6 is 0 Å². The van der Waals surface area contributed by atoms with E-state index in [2.05, 4.69) is 0 Å². The number of benzene rings is 3. The topological polar surface area (TPSA) is 172 Å². The van der Waals surface area contributed by atoms with Crippen LogP contribution in [0.2, 0.25) is 0 Å². The van der Waals surface area contributed by atoms with Crippen molar-refractivity contribution in [3.05, 3.63) is 87.3 Å². The molecule has 0 saturated heterocycles. The van der Waals surface area contributed by atoms with E-state index in [1.54, 1.807) is 0 Å². The van der Waals surface area contributed by atoms with Crippen LogP contribution in [0.1, 0.15) is 0 Å². The van der Waals surface area contributed by atoms with Gasteiger partial charge in [-0.2, -0.15) is 0 Å². The zero-order valence-electron chi connectivity index (χ0n) is 20.1. The molecule has 0 aliphatic rings. The van der Waals surface area contributed by atoms with Crippen LogP contribution in [-0.4, -0.2) is 64.8 Å². The maximum Gasteiger partial charge on any atom is 3.00 e. The second kappa shape index (κ2) is 15.0. The molecule has 0 bridgehead atoms. The molecule has 0 radical (unpaired) electrons. The molecule has 9 nitrogen and oxygen atoms in total. The predicted octanol–water partition coefficient (Wildman–Crippen LogP) is 3.48. The van der Waals surface area contributed by atoms with Crippen LogP contribution in [0.4, 0.5) is 65.9 Å². The van der Waals surface area contributed by atoms with Crippen LogP contribution in [0.5, 0.6) is 0 Å². The number of halogens is 15. The summed E-state index contributed by atoms with van der Waals surface area (Å²) in [7, 11) is -17.3. The maximum atomic E-state index is 12.6. The SMILES string of the molecule is O=S(=O)([O-])c1c(F)c(F)c(F)c(F)c1F.O=S(=O)([O-])c1c(F)c(F)c(F)c(F)c1F.O=S(=O)([O-])c1c(F)c(F)c(F)c(F)c1F.[In+3]. The van der Waals surface area contributed by atoms with E-state index in [-0.39, 0.29) is 25.8 Å². The third-order valence-electron chi connectivity index (χ3n) is 4.26. The molecule has 0 saturated carbocycles. The fraction of sp³-hybridized carbons (Fsp3) is 0. The Balaban J connectivity index is 0.000000653. The normalized spacial score (nSPS) is 11.6. The van der Waals surface area contributed by atoms with Gasteiger partial charge in [-0.3, -0.25) is 0 Å². The molecule has 0 heterocycles. The van der Waals surface area contributed by atoms with Crippen LogP contribution in [-0.2, 0) is 30.4 Å². The molecule has 0 aliphatic heterocycles. The summed E-state index contributed by atoms with van der Waals surface area (Å²) >= 11 is 0. The summed E-state index contributed by atoms with van der Waals surface area (Å²) in [6, 6.07) is 0. The fourth-order valence-corrected chi connectivity index (χ4v) is 4.27. The molecular weight excluding hydrogens is 856 g/mol. The van der Waals surface area contributed by atoms with E-state index >= 15 is 0 Å². The second-order valence-corrected chi connectivity index (χ2v) is 11.0. The van der Waals surface area contributed by atoms with Gasteiger partial charge in [0.1, 0.15) is 45.0 Å². The molecule has 46 heavy (non-hydrogen) atoms. The molecular formula is C18F15InO9S3. The van der Waals surface area contributed by atoms with E-state index in [0.717, 1.165) is 0 Å². The van der Waals surface area contributed by atoms with Crippen LogP contribution in [0.15, 0.2) is 14.7 Å². The van der Waals surface area contributed by atoms with E-state index in [1.807, 2.05) is 0 Å². The van der Waals surface area contributed by atoms with Gasteiger partial charge < -0.3 is 13.7 Å². The van der Waals surface area contributed by atoms with Gasteiger partial charge in [0.15, 0.2) is 69.8 Å². The summed E-state index contributed by atoms with van der Waals surface area (Å²) in [5.74, 6) is -38.5. The van der Waals surface area contributed by atoms with Crippen molar-refractivity contribution in [3.63, 3.8) is 0 Å². The Kier molecular flexibility index (Phi) is 14.1. The van der Waals surface area contributed by atoms with Gasteiger partial charge in [-0.15, -0.1) is 0 Å². The summed E-state index contributed by atoms with van der Waals surface area (Å²) in [4.78, 5) is -7.13. The van der Waals surface area contributed by atoms with E-state index in [0.29, 0.717) is 0 Å². The van der Waals surface area contributed by atoms with Crippen molar-refractivity contribution in [3.8, 4) is 0 Å². The van der Waals surface area contributed by atoms with Crippen molar-refractivity contribution in [2.24, 2.45) is 0 Å². The van der Waals surface area contributed by atoms with Crippen molar-refractivity contribution < 1.29 is 105 Å². The first-order valence-corrected chi connectivity index (χ1v) is 13.7. The fourth-order valence-electron chi connectivity index (χ4n) is 2.41. The summed E-state index contributed by atoms with van der Waals surface area (Å²) in [5.41, 5.74) is 0.